The molecule has 0 radical (unpaired) electrons. The van der Waals surface area contributed by atoms with Gasteiger partial charge in [0, 0.05) is 5.56 Å². The summed E-state index contributed by atoms with van der Waals surface area (Å²) in [6.45, 7) is 0.0526. The molecule has 7 heteroatoms. The van der Waals surface area contributed by atoms with E-state index in [1.54, 1.807) is 24.3 Å². The maximum Gasteiger partial charge on any atom is 0.308 e. The van der Waals surface area contributed by atoms with E-state index in [1.807, 2.05) is 6.07 Å². The van der Waals surface area contributed by atoms with Crippen molar-refractivity contribution < 1.29 is 23.5 Å². The number of ether oxygens (including phenoxy) is 1. The number of nitrogens with one attached hydrogen (secondary N) is 1. The number of amides is 2. The zero-order chi connectivity index (χ0) is 18.2. The number of hydrogen-bond acceptors (Lipinski definition) is 4. The van der Waals surface area contributed by atoms with E-state index in [4.69, 9.17) is 10.5 Å². The van der Waals surface area contributed by atoms with Crippen LogP contribution < -0.4 is 11.1 Å². The summed E-state index contributed by atoms with van der Waals surface area (Å²) in [5, 5.41) is 2.34. The molecule has 130 valence electrons. The fourth-order valence-corrected chi connectivity index (χ4v) is 2.03. The number of carbonyl (C=O) groups excluding carboxylic acids is 3. The molecule has 3 N–H and O–H groups in total. The molecule has 0 bridgehead atoms. The lowest BCUT2D eigenvalue weighted by Gasteiger charge is -2.15. The van der Waals surface area contributed by atoms with Crippen LogP contribution in [-0.4, -0.2) is 23.8 Å². The molecule has 0 saturated heterocycles. The van der Waals surface area contributed by atoms with E-state index < -0.39 is 36.1 Å². The van der Waals surface area contributed by atoms with Crippen molar-refractivity contribution in [2.45, 2.75) is 19.1 Å². The Morgan fingerprint density at radius 3 is 2.28 bits per heavy atom. The third kappa shape index (κ3) is 5.72. The third-order valence-corrected chi connectivity index (χ3v) is 3.37. The first-order valence-corrected chi connectivity index (χ1v) is 7.51. The van der Waals surface area contributed by atoms with Gasteiger partial charge in [0.15, 0.2) is 0 Å². The summed E-state index contributed by atoms with van der Waals surface area (Å²) in [6, 6.07) is 12.5. The zero-order valence-corrected chi connectivity index (χ0v) is 13.3. The van der Waals surface area contributed by atoms with E-state index in [-0.39, 0.29) is 12.2 Å². The molecule has 2 aromatic rings. The average Bonchev–Trinajstić information content (AvgIpc) is 2.60. The Hall–Kier alpha value is -3.22. The second-order valence-electron chi connectivity index (χ2n) is 5.29. The van der Waals surface area contributed by atoms with E-state index in [9.17, 15) is 18.8 Å². The van der Waals surface area contributed by atoms with Crippen molar-refractivity contribution in [2.75, 3.05) is 0 Å². The summed E-state index contributed by atoms with van der Waals surface area (Å²) in [7, 11) is 0. The molecule has 0 aromatic heterocycles. The van der Waals surface area contributed by atoms with E-state index in [0.717, 1.165) is 17.7 Å². The molecule has 2 rings (SSSR count). The van der Waals surface area contributed by atoms with Crippen LogP contribution in [0, 0.1) is 5.82 Å². The quantitative estimate of drug-likeness (QED) is 0.744. The summed E-state index contributed by atoms with van der Waals surface area (Å²) < 4.78 is 17.9. The highest BCUT2D eigenvalue weighted by molar-refractivity contribution is 5.98. The molecule has 0 aliphatic carbocycles. The number of rotatable bonds is 7. The second-order valence-corrected chi connectivity index (χ2v) is 5.29. The SMILES string of the molecule is NC(=O)[C@@H](CC(=O)OCc1ccccc1)NC(=O)c1ccc(F)cc1. The van der Waals surface area contributed by atoms with Gasteiger partial charge in [0.1, 0.15) is 18.5 Å². The molecule has 0 unspecified atom stereocenters. The van der Waals surface area contributed by atoms with Crippen LogP contribution >= 0.6 is 0 Å². The Bertz CT molecular complexity index is 747. The summed E-state index contributed by atoms with van der Waals surface area (Å²) in [5.74, 6) is -2.67. The number of hydrogen-bond donors (Lipinski definition) is 2. The van der Waals surface area contributed by atoms with Crippen LogP contribution in [0.3, 0.4) is 0 Å². The molecule has 25 heavy (non-hydrogen) atoms. The fourth-order valence-electron chi connectivity index (χ4n) is 2.03. The van der Waals surface area contributed by atoms with Crippen LogP contribution in [0.2, 0.25) is 0 Å². The molecule has 2 aromatic carbocycles. The summed E-state index contributed by atoms with van der Waals surface area (Å²) in [6.07, 6.45) is -0.394. The summed E-state index contributed by atoms with van der Waals surface area (Å²) >= 11 is 0. The molecule has 0 spiro atoms. The molecule has 0 saturated carbocycles. The van der Waals surface area contributed by atoms with E-state index in [2.05, 4.69) is 5.32 Å². The number of benzene rings is 2. The Morgan fingerprint density at radius 1 is 1.04 bits per heavy atom. The van der Waals surface area contributed by atoms with Gasteiger partial charge in [-0.2, -0.15) is 0 Å². The minimum Gasteiger partial charge on any atom is -0.461 e. The molecule has 0 heterocycles. The van der Waals surface area contributed by atoms with Crippen LogP contribution in [-0.2, 0) is 20.9 Å². The van der Waals surface area contributed by atoms with Gasteiger partial charge >= 0.3 is 5.97 Å². The molecule has 0 fully saturated rings. The Labute approximate surface area is 143 Å². The normalized spacial score (nSPS) is 11.4. The molecule has 1 atom stereocenters. The van der Waals surface area contributed by atoms with Gasteiger partial charge in [-0.05, 0) is 29.8 Å². The van der Waals surface area contributed by atoms with Crippen molar-refractivity contribution in [3.63, 3.8) is 0 Å². The van der Waals surface area contributed by atoms with Gasteiger partial charge in [0.05, 0.1) is 6.42 Å². The van der Waals surface area contributed by atoms with Crippen molar-refractivity contribution in [2.24, 2.45) is 5.73 Å². The van der Waals surface area contributed by atoms with Crippen LogP contribution in [0.5, 0.6) is 0 Å². The van der Waals surface area contributed by atoms with Gasteiger partial charge in [-0.15, -0.1) is 0 Å². The molecule has 6 nitrogen and oxygen atoms in total. The summed E-state index contributed by atoms with van der Waals surface area (Å²) in [5.41, 5.74) is 6.16. The van der Waals surface area contributed by atoms with Crippen molar-refractivity contribution >= 4 is 17.8 Å². The molecule has 2 amide bonds. The Morgan fingerprint density at radius 2 is 1.68 bits per heavy atom. The number of esters is 1. The highest BCUT2D eigenvalue weighted by Crippen LogP contribution is 2.06. The number of carbonyl (C=O) groups is 3. The predicted molar refractivity (Wildman–Crippen MR) is 87.7 cm³/mol. The van der Waals surface area contributed by atoms with E-state index in [1.165, 1.54) is 12.1 Å². The zero-order valence-electron chi connectivity index (χ0n) is 13.3. The largest absolute Gasteiger partial charge is 0.461 e. The van der Waals surface area contributed by atoms with Crippen LogP contribution in [0.25, 0.3) is 0 Å². The average molecular weight is 344 g/mol. The number of nitrogens with two attached hydrogens (primary N) is 1. The lowest BCUT2D eigenvalue weighted by atomic mass is 10.1. The summed E-state index contributed by atoms with van der Waals surface area (Å²) in [4.78, 5) is 35.4. The molecular weight excluding hydrogens is 327 g/mol. The monoisotopic (exact) mass is 344 g/mol. The van der Waals surface area contributed by atoms with Crippen molar-refractivity contribution in [3.05, 3.63) is 71.5 Å². The van der Waals surface area contributed by atoms with Crippen molar-refractivity contribution in [1.29, 1.82) is 0 Å². The Balaban J connectivity index is 1.91. The smallest absolute Gasteiger partial charge is 0.308 e. The van der Waals surface area contributed by atoms with E-state index in [0.29, 0.717) is 0 Å². The maximum absolute atomic E-state index is 12.9. The third-order valence-electron chi connectivity index (χ3n) is 3.37. The fraction of sp³-hybridized carbons (Fsp3) is 0.167. The first kappa shape index (κ1) is 18.1. The molecule has 0 aliphatic rings. The first-order valence-electron chi connectivity index (χ1n) is 7.51. The lowest BCUT2D eigenvalue weighted by molar-refractivity contribution is -0.146. The van der Waals surface area contributed by atoms with Crippen molar-refractivity contribution in [3.8, 4) is 0 Å². The van der Waals surface area contributed by atoms with Crippen LogP contribution in [0.4, 0.5) is 4.39 Å². The number of primary amides is 1. The first-order chi connectivity index (χ1) is 12.0. The van der Waals surface area contributed by atoms with Gasteiger partial charge in [-0.25, -0.2) is 4.39 Å². The predicted octanol–water partition coefficient (Wildman–Crippen LogP) is 1.54. The highest BCUT2D eigenvalue weighted by Gasteiger charge is 2.23. The lowest BCUT2D eigenvalue weighted by Crippen LogP contribution is -2.45. The van der Waals surface area contributed by atoms with Crippen LogP contribution in [0.1, 0.15) is 22.3 Å². The standard InChI is InChI=1S/C18H17FN2O4/c19-14-8-6-13(7-9-14)18(24)21-15(17(20)23)10-16(22)25-11-12-4-2-1-3-5-12/h1-9,15H,10-11H2,(H2,20,23)(H,21,24)/t15-/m1/s1. The highest BCUT2D eigenvalue weighted by atomic mass is 19.1. The number of halogens is 1. The maximum atomic E-state index is 12.9. The molecular formula is C18H17FN2O4. The van der Waals surface area contributed by atoms with Crippen LogP contribution in [0.15, 0.2) is 54.6 Å². The second kappa shape index (κ2) is 8.58. The Kier molecular flexibility index (Phi) is 6.22. The van der Waals surface area contributed by atoms with Gasteiger partial charge in [0.2, 0.25) is 5.91 Å². The van der Waals surface area contributed by atoms with Gasteiger partial charge in [-0.1, -0.05) is 30.3 Å². The van der Waals surface area contributed by atoms with Gasteiger partial charge in [0.25, 0.3) is 5.91 Å². The minimum absolute atomic E-state index is 0.0526. The molecule has 0 aliphatic heterocycles. The minimum atomic E-state index is -1.22. The topological polar surface area (TPSA) is 98.5 Å². The van der Waals surface area contributed by atoms with Crippen molar-refractivity contribution in [1.82, 2.24) is 5.32 Å². The van der Waals surface area contributed by atoms with E-state index >= 15 is 0 Å². The van der Waals surface area contributed by atoms with Gasteiger partial charge in [-0.3, -0.25) is 14.4 Å². The van der Waals surface area contributed by atoms with Gasteiger partial charge < -0.3 is 15.8 Å².